The van der Waals surface area contributed by atoms with Gasteiger partial charge in [0.05, 0.1) is 24.2 Å². The van der Waals surface area contributed by atoms with E-state index in [-0.39, 0.29) is 99.3 Å². The summed E-state index contributed by atoms with van der Waals surface area (Å²) in [5.41, 5.74) is 0.475. The standard InChI is InChI=1S/C51H37Cl2F7N6O6/c1-27-18-34(14-17-35(27)37-15-12-30(19-40(37)51(58,59)60)48-61-46(63-71-48)28-8-10-32(41(52)20-28)23-65(2)25-44(67)68)70-45(69)26-66(3)24-33-11-9-29(22-43(33)54)47-62-49(72-64-47)31-13-16-38(42(53)21-31)36-6-4-5-7-39(36)50(55,56)57/h4-22H,23-26H2,1-3H3,(H,67,68). The van der Waals surface area contributed by atoms with Crippen LogP contribution in [0.25, 0.3) is 67.9 Å². The molecule has 370 valence electrons. The van der Waals surface area contributed by atoms with Crippen LogP contribution in [-0.2, 0) is 35.0 Å². The molecule has 12 nitrogen and oxygen atoms in total. The predicted octanol–water partition coefficient (Wildman–Crippen LogP) is 12.8. The molecule has 0 amide bonds. The molecular weight excluding hydrogens is 996 g/mol. The number of hydrogen-bond acceptors (Lipinski definition) is 11. The van der Waals surface area contributed by atoms with Crippen molar-refractivity contribution in [3.05, 3.63) is 159 Å². The molecule has 0 radical (unpaired) electrons. The topological polar surface area (TPSA) is 148 Å². The molecule has 0 saturated heterocycles. The van der Waals surface area contributed by atoms with E-state index < -0.39 is 41.2 Å². The average molecular weight is 1030 g/mol. The molecule has 0 atom stereocenters. The molecule has 0 unspecified atom stereocenters. The number of carbonyl (C=O) groups excluding carboxylic acids is 1. The molecule has 8 rings (SSSR count). The van der Waals surface area contributed by atoms with Gasteiger partial charge in [0, 0.05) is 56.5 Å². The minimum Gasteiger partial charge on any atom is -0.480 e. The molecule has 1 N–H and O–H groups in total. The fourth-order valence-electron chi connectivity index (χ4n) is 7.83. The molecule has 2 aromatic heterocycles. The quantitative estimate of drug-likeness (QED) is 0.0592. The Balaban J connectivity index is 0.891. The third-order valence-corrected chi connectivity index (χ3v) is 11.9. The maximum atomic E-state index is 15.4. The van der Waals surface area contributed by atoms with Crippen LogP contribution in [0.2, 0.25) is 10.0 Å². The highest BCUT2D eigenvalue weighted by molar-refractivity contribution is 6.33. The molecular formula is C51H37Cl2F7N6O6. The zero-order valence-corrected chi connectivity index (χ0v) is 39.4. The van der Waals surface area contributed by atoms with Gasteiger partial charge in [-0.15, -0.1) is 0 Å². The number of carbonyl (C=O) groups is 2. The van der Waals surface area contributed by atoms with Gasteiger partial charge >= 0.3 is 24.3 Å². The number of rotatable bonds is 15. The van der Waals surface area contributed by atoms with E-state index in [4.69, 9.17) is 42.1 Å². The predicted molar refractivity (Wildman–Crippen MR) is 252 cm³/mol. The van der Waals surface area contributed by atoms with Crippen LogP contribution < -0.4 is 4.74 Å². The van der Waals surface area contributed by atoms with Gasteiger partial charge in [-0.1, -0.05) is 94.2 Å². The highest BCUT2D eigenvalue weighted by atomic mass is 35.5. The van der Waals surface area contributed by atoms with Crippen molar-refractivity contribution in [2.24, 2.45) is 0 Å². The Hall–Kier alpha value is -7.45. The highest BCUT2D eigenvalue weighted by Crippen LogP contribution is 2.43. The van der Waals surface area contributed by atoms with Crippen LogP contribution in [0, 0.1) is 12.7 Å². The summed E-state index contributed by atoms with van der Waals surface area (Å²) in [7, 11) is 3.18. The van der Waals surface area contributed by atoms with E-state index in [0.29, 0.717) is 27.3 Å². The van der Waals surface area contributed by atoms with Crippen molar-refractivity contribution >= 4 is 35.1 Å². The molecule has 2 heterocycles. The Morgan fingerprint density at radius 2 is 1.14 bits per heavy atom. The lowest BCUT2D eigenvalue weighted by molar-refractivity contribution is -0.138. The van der Waals surface area contributed by atoms with Crippen LogP contribution in [0.5, 0.6) is 5.75 Å². The second-order valence-electron chi connectivity index (χ2n) is 16.6. The van der Waals surface area contributed by atoms with E-state index in [0.717, 1.165) is 12.1 Å². The Morgan fingerprint density at radius 1 is 0.611 bits per heavy atom. The Kier molecular flexibility index (Phi) is 14.7. The van der Waals surface area contributed by atoms with Crippen LogP contribution in [-0.4, -0.2) is 74.3 Å². The zero-order valence-electron chi connectivity index (χ0n) is 37.9. The molecule has 0 fully saturated rings. The first-order valence-electron chi connectivity index (χ1n) is 21.4. The lowest BCUT2D eigenvalue weighted by Crippen LogP contribution is -2.29. The lowest BCUT2D eigenvalue weighted by atomic mass is 9.94. The molecule has 0 bridgehead atoms. The number of halogens is 9. The molecule has 21 heteroatoms. The van der Waals surface area contributed by atoms with Gasteiger partial charge in [0.15, 0.2) is 0 Å². The molecule has 0 aliphatic heterocycles. The number of hydrogen-bond donors (Lipinski definition) is 1. The maximum Gasteiger partial charge on any atom is 0.417 e. The molecule has 0 aliphatic rings. The van der Waals surface area contributed by atoms with Crippen molar-refractivity contribution in [3.63, 3.8) is 0 Å². The number of ether oxygens (including phenoxy) is 1. The summed E-state index contributed by atoms with van der Waals surface area (Å²) in [4.78, 5) is 35.7. The van der Waals surface area contributed by atoms with Crippen molar-refractivity contribution in [1.82, 2.24) is 30.1 Å². The smallest absolute Gasteiger partial charge is 0.417 e. The van der Waals surface area contributed by atoms with Gasteiger partial charge in [-0.3, -0.25) is 19.4 Å². The third kappa shape index (κ3) is 11.7. The van der Waals surface area contributed by atoms with Crippen molar-refractivity contribution in [2.75, 3.05) is 27.2 Å². The normalized spacial score (nSPS) is 12.0. The molecule has 72 heavy (non-hydrogen) atoms. The lowest BCUT2D eigenvalue weighted by Gasteiger charge is -2.18. The molecule has 0 spiro atoms. The first-order valence-corrected chi connectivity index (χ1v) is 22.2. The average Bonchev–Trinajstić information content (AvgIpc) is 4.01. The third-order valence-electron chi connectivity index (χ3n) is 11.2. The minimum atomic E-state index is -4.81. The second-order valence-corrected chi connectivity index (χ2v) is 17.5. The van der Waals surface area contributed by atoms with Gasteiger partial charge < -0.3 is 18.9 Å². The van der Waals surface area contributed by atoms with Crippen molar-refractivity contribution in [3.8, 4) is 73.7 Å². The molecule has 8 aromatic rings. The number of benzene rings is 6. The zero-order chi connectivity index (χ0) is 51.6. The van der Waals surface area contributed by atoms with E-state index in [1.165, 1.54) is 83.8 Å². The van der Waals surface area contributed by atoms with E-state index >= 15 is 4.39 Å². The van der Waals surface area contributed by atoms with Gasteiger partial charge in [-0.05, 0) is 103 Å². The molecule has 6 aromatic carbocycles. The van der Waals surface area contributed by atoms with E-state index in [1.54, 1.807) is 50.2 Å². The van der Waals surface area contributed by atoms with Crippen molar-refractivity contribution < 1.29 is 59.2 Å². The number of aliphatic carboxylic acids is 1. The van der Waals surface area contributed by atoms with Crippen LogP contribution in [0.4, 0.5) is 30.7 Å². The summed E-state index contributed by atoms with van der Waals surface area (Å²) in [6, 6.07) is 26.1. The summed E-state index contributed by atoms with van der Waals surface area (Å²) in [6.07, 6.45) is -9.41. The van der Waals surface area contributed by atoms with Crippen LogP contribution in [0.1, 0.15) is 27.8 Å². The number of likely N-dealkylation sites (N-methyl/N-ethyl adjacent to an activating group) is 2. The van der Waals surface area contributed by atoms with E-state index in [1.807, 2.05) is 0 Å². The second kappa shape index (κ2) is 20.7. The summed E-state index contributed by atoms with van der Waals surface area (Å²) in [6.45, 7) is 1.29. The monoisotopic (exact) mass is 1030 g/mol. The summed E-state index contributed by atoms with van der Waals surface area (Å²) in [5, 5.41) is 17.2. The highest BCUT2D eigenvalue weighted by Gasteiger charge is 2.36. The number of alkyl halides is 6. The minimum absolute atomic E-state index is 0.000393. The number of esters is 1. The van der Waals surface area contributed by atoms with Gasteiger partial charge in [-0.2, -0.15) is 36.3 Å². The fourth-order valence-corrected chi connectivity index (χ4v) is 8.36. The van der Waals surface area contributed by atoms with Crippen LogP contribution >= 0.6 is 23.2 Å². The summed E-state index contributed by atoms with van der Waals surface area (Å²) in [5.74, 6) is -2.41. The van der Waals surface area contributed by atoms with Gasteiger partial charge in [-0.25, -0.2) is 4.39 Å². The summed E-state index contributed by atoms with van der Waals surface area (Å²) >= 11 is 12.9. The number of carboxylic acids is 1. The Morgan fingerprint density at radius 3 is 1.74 bits per heavy atom. The Labute approximate surface area is 415 Å². The maximum absolute atomic E-state index is 15.4. The van der Waals surface area contributed by atoms with Gasteiger partial charge in [0.1, 0.15) is 11.6 Å². The number of aryl methyl sites for hydroxylation is 1. The summed E-state index contributed by atoms with van der Waals surface area (Å²) < 4.78 is 117. The Bertz CT molecular complexity index is 3340. The first kappa shape index (κ1) is 50.9. The number of nitrogens with zero attached hydrogens (tertiary/aromatic N) is 6. The van der Waals surface area contributed by atoms with Crippen molar-refractivity contribution in [2.45, 2.75) is 32.4 Å². The van der Waals surface area contributed by atoms with E-state index in [2.05, 4.69) is 20.3 Å². The number of carboxylic acid groups (broad SMARTS) is 1. The first-order chi connectivity index (χ1) is 34.1. The molecule has 0 aliphatic carbocycles. The number of aromatic nitrogens is 4. The van der Waals surface area contributed by atoms with Crippen LogP contribution in [0.3, 0.4) is 0 Å². The van der Waals surface area contributed by atoms with E-state index in [9.17, 15) is 35.9 Å². The largest absolute Gasteiger partial charge is 0.480 e. The van der Waals surface area contributed by atoms with Gasteiger partial charge in [0.2, 0.25) is 11.6 Å². The molecule has 0 saturated carbocycles. The van der Waals surface area contributed by atoms with Crippen LogP contribution in [0.15, 0.2) is 124 Å². The fraction of sp³-hybridized carbons (Fsp3) is 0.176. The SMILES string of the molecule is Cc1cc(OC(=O)CN(C)Cc2ccc(-c3noc(-c4ccc(-c5ccccc5C(F)(F)F)c(Cl)c4)n3)cc2F)ccc1-c1ccc(-c2nc(-c3ccc(CN(C)CC(=O)O)c(Cl)c3)no2)cc1C(F)(F)F. The van der Waals surface area contributed by atoms with Crippen molar-refractivity contribution in [1.29, 1.82) is 0 Å². The van der Waals surface area contributed by atoms with Gasteiger partial charge in [0.25, 0.3) is 11.8 Å².